The summed E-state index contributed by atoms with van der Waals surface area (Å²) in [7, 11) is 0. The van der Waals surface area contributed by atoms with Gasteiger partial charge in [0.15, 0.2) is 16.7 Å². The predicted octanol–water partition coefficient (Wildman–Crippen LogP) is 9.24. The van der Waals surface area contributed by atoms with Crippen molar-refractivity contribution >= 4 is 34.1 Å². The third-order valence-corrected chi connectivity index (χ3v) is 10.3. The third-order valence-electron chi connectivity index (χ3n) is 9.39. The van der Waals surface area contributed by atoms with Crippen LogP contribution in [0.5, 0.6) is 0 Å². The van der Waals surface area contributed by atoms with Crippen molar-refractivity contribution in [3.05, 3.63) is 125 Å². The molecule has 2 N–H and O–H groups in total. The number of Topliss-reactive ketones (excluding diaryl/α,β-unsaturated/α-hetero) is 2. The van der Waals surface area contributed by atoms with E-state index in [0.717, 1.165) is 27.8 Å². The Balaban J connectivity index is 1.28. The molecule has 0 spiro atoms. The minimum Gasteiger partial charge on any atom is -0.512 e. The van der Waals surface area contributed by atoms with Gasteiger partial charge in [-0.25, -0.2) is 0 Å². The first-order valence-corrected chi connectivity index (χ1v) is 17.4. The number of allylic oxidation sites excluding steroid dienone is 4. The fourth-order valence-electron chi connectivity index (χ4n) is 7.26. The quantitative estimate of drug-likeness (QED) is 0.167. The number of benzene rings is 3. The highest BCUT2D eigenvalue weighted by atomic mass is 32.2. The first-order valence-electron chi connectivity index (χ1n) is 16.5. The van der Waals surface area contributed by atoms with Gasteiger partial charge < -0.3 is 14.6 Å². The van der Waals surface area contributed by atoms with Gasteiger partial charge in [0.25, 0.3) is 0 Å². The summed E-state index contributed by atoms with van der Waals surface area (Å²) < 4.78 is 8.42. The van der Waals surface area contributed by atoms with E-state index < -0.39 is 16.7 Å². The van der Waals surface area contributed by atoms with Crippen molar-refractivity contribution in [1.82, 2.24) is 14.8 Å². The summed E-state index contributed by atoms with van der Waals surface area (Å²) in [5.41, 5.74) is 1.39. The lowest BCUT2D eigenvalue weighted by Crippen LogP contribution is -2.33. The summed E-state index contributed by atoms with van der Waals surface area (Å²) in [6.07, 6.45) is 1.52. The van der Waals surface area contributed by atoms with Crippen LogP contribution in [0.1, 0.15) is 76.4 Å². The first kappa shape index (κ1) is 32.6. The van der Waals surface area contributed by atoms with Crippen LogP contribution in [0.2, 0.25) is 0 Å². The van der Waals surface area contributed by atoms with Crippen molar-refractivity contribution < 1.29 is 24.2 Å². The van der Waals surface area contributed by atoms with Crippen LogP contribution in [0.4, 0.5) is 0 Å². The van der Waals surface area contributed by atoms with Crippen molar-refractivity contribution in [2.24, 2.45) is 10.8 Å². The molecule has 8 nitrogen and oxygen atoms in total. The van der Waals surface area contributed by atoms with Gasteiger partial charge in [-0.1, -0.05) is 88.4 Å². The molecule has 2 aliphatic carbocycles. The highest BCUT2D eigenvalue weighted by molar-refractivity contribution is 7.99. The molecule has 250 valence electrons. The standard InChI is InChI=1S/C40H39N3O5S/c1-39(2)20-28(44)35(29(45)21-39)37(36-30(46)22-40(3,4)23-31(36)47)32-17-18-34(48-32)49-38-42-41-33(43(38)26-14-6-5-7-15-26)19-25-13-10-12-24-11-8-9-16-27(24)25/h5-18,37,44,46H,19-23H2,1-4H3. The summed E-state index contributed by atoms with van der Waals surface area (Å²) in [5.74, 6) is -0.642. The summed E-state index contributed by atoms with van der Waals surface area (Å²) in [6, 6.07) is 27.9. The SMILES string of the molecule is CC1(C)CC(=O)C(C(C2=C(O)CC(C)(C)CC2=O)c2ccc(Sc3nnc(Cc4cccc5ccccc45)n3-c3ccccc3)o2)=C(O)C1. The Bertz CT molecular complexity index is 2100. The zero-order chi connectivity index (χ0) is 34.5. The molecular weight excluding hydrogens is 635 g/mol. The zero-order valence-electron chi connectivity index (χ0n) is 28.1. The second kappa shape index (κ2) is 12.5. The molecule has 0 atom stereocenters. The fourth-order valence-corrected chi connectivity index (χ4v) is 8.09. The molecule has 0 radical (unpaired) electrons. The lowest BCUT2D eigenvalue weighted by Gasteiger charge is -2.35. The minimum atomic E-state index is -1.03. The van der Waals surface area contributed by atoms with Gasteiger partial charge in [0.1, 0.15) is 23.1 Å². The van der Waals surface area contributed by atoms with E-state index in [4.69, 9.17) is 4.42 Å². The number of aromatic nitrogens is 3. The number of aliphatic hydroxyl groups excluding tert-OH is 2. The van der Waals surface area contributed by atoms with E-state index in [1.807, 2.05) is 80.8 Å². The van der Waals surface area contributed by atoms with E-state index in [9.17, 15) is 19.8 Å². The highest BCUT2D eigenvalue weighted by Gasteiger charge is 2.45. The minimum absolute atomic E-state index is 0.0725. The maximum absolute atomic E-state index is 13.7. The maximum atomic E-state index is 13.7. The topological polar surface area (TPSA) is 118 Å². The lowest BCUT2D eigenvalue weighted by molar-refractivity contribution is -0.119. The van der Waals surface area contributed by atoms with Crippen LogP contribution < -0.4 is 0 Å². The van der Waals surface area contributed by atoms with Crippen LogP contribution in [-0.4, -0.2) is 36.5 Å². The van der Waals surface area contributed by atoms with Crippen LogP contribution in [0.3, 0.4) is 0 Å². The number of carbonyl (C=O) groups excluding carboxylic acids is 2. The van der Waals surface area contributed by atoms with E-state index in [1.165, 1.54) is 11.8 Å². The fraction of sp³-hybridized carbons (Fsp3) is 0.300. The molecule has 2 heterocycles. The van der Waals surface area contributed by atoms with Crippen molar-refractivity contribution in [2.45, 2.75) is 76.0 Å². The van der Waals surface area contributed by atoms with Gasteiger partial charge in [0.05, 0.1) is 5.92 Å². The smallest absolute Gasteiger partial charge is 0.203 e. The Labute approximate surface area is 289 Å². The van der Waals surface area contributed by atoms with E-state index in [1.54, 1.807) is 12.1 Å². The summed E-state index contributed by atoms with van der Waals surface area (Å²) in [4.78, 5) is 27.3. The molecule has 5 aromatic rings. The number of furan rings is 1. The number of para-hydroxylation sites is 1. The maximum Gasteiger partial charge on any atom is 0.203 e. The number of hydrogen-bond donors (Lipinski definition) is 2. The molecular formula is C40H39N3O5S. The first-order chi connectivity index (χ1) is 23.4. The van der Waals surface area contributed by atoms with Gasteiger partial charge in [-0.15, -0.1) is 10.2 Å². The van der Waals surface area contributed by atoms with Crippen LogP contribution in [0.25, 0.3) is 16.5 Å². The van der Waals surface area contributed by atoms with Crippen molar-refractivity contribution in [3.63, 3.8) is 0 Å². The monoisotopic (exact) mass is 673 g/mol. The van der Waals surface area contributed by atoms with Crippen LogP contribution in [-0.2, 0) is 16.0 Å². The molecule has 0 amide bonds. The van der Waals surface area contributed by atoms with E-state index in [0.29, 0.717) is 22.4 Å². The number of aliphatic hydroxyl groups is 2. The average Bonchev–Trinajstić information content (AvgIpc) is 3.66. The lowest BCUT2D eigenvalue weighted by atomic mass is 9.68. The zero-order valence-corrected chi connectivity index (χ0v) is 28.9. The van der Waals surface area contributed by atoms with Crippen LogP contribution in [0, 0.1) is 10.8 Å². The number of rotatable bonds is 8. The van der Waals surface area contributed by atoms with Gasteiger partial charge in [-0.3, -0.25) is 14.2 Å². The molecule has 2 aliphatic rings. The number of nitrogens with zero attached hydrogens (tertiary/aromatic N) is 3. The molecule has 0 bridgehead atoms. The largest absolute Gasteiger partial charge is 0.512 e. The molecule has 9 heteroatoms. The molecule has 0 aliphatic heterocycles. The number of hydrogen-bond acceptors (Lipinski definition) is 8. The van der Waals surface area contributed by atoms with E-state index in [2.05, 4.69) is 34.5 Å². The molecule has 0 unspecified atom stereocenters. The molecule has 0 fully saturated rings. The van der Waals surface area contributed by atoms with Crippen LogP contribution in [0.15, 0.2) is 122 Å². The van der Waals surface area contributed by atoms with Gasteiger partial charge in [-0.2, -0.15) is 0 Å². The van der Waals surface area contributed by atoms with E-state index in [-0.39, 0.29) is 59.9 Å². The molecule has 3 aromatic carbocycles. The summed E-state index contributed by atoms with van der Waals surface area (Å²) in [6.45, 7) is 7.71. The second-order valence-electron chi connectivity index (χ2n) is 14.7. The third kappa shape index (κ3) is 6.47. The number of carbonyl (C=O) groups is 2. The Kier molecular flexibility index (Phi) is 8.35. The Morgan fingerprint density at radius 3 is 2.02 bits per heavy atom. The Morgan fingerprint density at radius 2 is 1.37 bits per heavy atom. The molecule has 49 heavy (non-hydrogen) atoms. The molecule has 0 saturated heterocycles. The normalized spacial score (nSPS) is 17.8. The Morgan fingerprint density at radius 1 is 0.755 bits per heavy atom. The average molecular weight is 674 g/mol. The van der Waals surface area contributed by atoms with Gasteiger partial charge >= 0.3 is 0 Å². The van der Waals surface area contributed by atoms with Crippen LogP contribution >= 0.6 is 11.8 Å². The predicted molar refractivity (Wildman–Crippen MR) is 189 cm³/mol. The van der Waals surface area contributed by atoms with Gasteiger partial charge in [-0.05, 0) is 63.2 Å². The summed E-state index contributed by atoms with van der Waals surface area (Å²) in [5, 5.41) is 35.1. The van der Waals surface area contributed by atoms with Gasteiger partial charge in [0.2, 0.25) is 5.16 Å². The second-order valence-corrected chi connectivity index (χ2v) is 15.7. The van der Waals surface area contributed by atoms with Crippen molar-refractivity contribution in [1.29, 1.82) is 0 Å². The summed E-state index contributed by atoms with van der Waals surface area (Å²) >= 11 is 1.27. The van der Waals surface area contributed by atoms with Crippen molar-refractivity contribution in [2.75, 3.05) is 0 Å². The number of fused-ring (bicyclic) bond motifs is 1. The highest BCUT2D eigenvalue weighted by Crippen LogP contribution is 2.48. The molecule has 7 rings (SSSR count). The van der Waals surface area contributed by atoms with Crippen molar-refractivity contribution in [3.8, 4) is 5.69 Å². The van der Waals surface area contributed by atoms with Gasteiger partial charge in [0, 0.05) is 48.9 Å². The number of ketones is 2. The molecule has 2 aromatic heterocycles. The Hall–Kier alpha value is -4.89. The molecule has 0 saturated carbocycles. The van der Waals surface area contributed by atoms with E-state index >= 15 is 0 Å².